The van der Waals surface area contributed by atoms with Gasteiger partial charge in [0.05, 0.1) is 5.56 Å². The van der Waals surface area contributed by atoms with E-state index in [0.29, 0.717) is 28.1 Å². The number of ether oxygens (including phenoxy) is 1. The third-order valence-corrected chi connectivity index (χ3v) is 6.78. The number of hydrogen-bond acceptors (Lipinski definition) is 6. The van der Waals surface area contributed by atoms with Crippen molar-refractivity contribution in [3.8, 4) is 17.1 Å². The minimum absolute atomic E-state index is 0.000160. The molecule has 8 nitrogen and oxygen atoms in total. The SMILES string of the molecule is Cc1cc(OC(F)(F)F)ccc1-c1nc2nc(C(=O)O)nc(NC(C)C3CC3)c2n1Cc1ccc(C(F)(F)F)cc1. The summed E-state index contributed by atoms with van der Waals surface area (Å²) >= 11 is 0. The molecule has 216 valence electrons. The first kappa shape index (κ1) is 28.2. The molecule has 0 spiro atoms. The van der Waals surface area contributed by atoms with Gasteiger partial charge in [-0.25, -0.2) is 19.7 Å². The molecule has 2 aromatic carbocycles. The van der Waals surface area contributed by atoms with Crippen molar-refractivity contribution in [2.24, 2.45) is 5.92 Å². The number of rotatable bonds is 8. The van der Waals surface area contributed by atoms with Crippen molar-refractivity contribution in [1.29, 1.82) is 0 Å². The number of aromatic carboxylic acids is 1. The van der Waals surface area contributed by atoms with Gasteiger partial charge in [-0.05, 0) is 74.1 Å². The molecule has 0 amide bonds. The minimum atomic E-state index is -4.90. The number of aromatic nitrogens is 4. The van der Waals surface area contributed by atoms with Crippen molar-refractivity contribution in [2.75, 3.05) is 5.32 Å². The Balaban J connectivity index is 1.68. The average Bonchev–Trinajstić information content (AvgIpc) is 3.66. The van der Waals surface area contributed by atoms with Gasteiger partial charge in [0.2, 0.25) is 5.82 Å². The van der Waals surface area contributed by atoms with Crippen LogP contribution in [0.1, 0.15) is 47.1 Å². The van der Waals surface area contributed by atoms with E-state index < -0.39 is 35.6 Å². The zero-order chi connectivity index (χ0) is 29.7. The minimum Gasteiger partial charge on any atom is -0.475 e. The number of carbonyl (C=O) groups is 1. The van der Waals surface area contributed by atoms with Gasteiger partial charge in [-0.15, -0.1) is 13.2 Å². The molecule has 0 radical (unpaired) electrons. The number of carboxylic acids is 1. The second-order valence-corrected chi connectivity index (χ2v) is 9.88. The molecule has 0 saturated heterocycles. The van der Waals surface area contributed by atoms with Crippen molar-refractivity contribution < 1.29 is 41.0 Å². The van der Waals surface area contributed by atoms with Gasteiger partial charge >= 0.3 is 18.5 Å². The summed E-state index contributed by atoms with van der Waals surface area (Å²) in [5, 5.41) is 12.9. The highest BCUT2D eigenvalue weighted by atomic mass is 19.4. The number of nitrogens with zero attached hydrogens (tertiary/aromatic N) is 4. The number of carboxylic acid groups (broad SMARTS) is 1. The fourth-order valence-corrected chi connectivity index (χ4v) is 4.59. The van der Waals surface area contributed by atoms with Crippen molar-refractivity contribution in [1.82, 2.24) is 19.5 Å². The van der Waals surface area contributed by atoms with Gasteiger partial charge in [-0.1, -0.05) is 12.1 Å². The van der Waals surface area contributed by atoms with Crippen LogP contribution in [0, 0.1) is 12.8 Å². The van der Waals surface area contributed by atoms with Gasteiger partial charge in [0.15, 0.2) is 11.5 Å². The first-order valence-corrected chi connectivity index (χ1v) is 12.5. The summed E-state index contributed by atoms with van der Waals surface area (Å²) < 4.78 is 83.4. The van der Waals surface area contributed by atoms with E-state index >= 15 is 0 Å². The molecule has 1 atom stereocenters. The van der Waals surface area contributed by atoms with Crippen molar-refractivity contribution in [3.05, 3.63) is 65.0 Å². The highest BCUT2D eigenvalue weighted by Crippen LogP contribution is 2.37. The largest absolute Gasteiger partial charge is 0.573 e. The molecule has 1 unspecified atom stereocenters. The Labute approximate surface area is 229 Å². The maximum absolute atomic E-state index is 13.1. The van der Waals surface area contributed by atoms with Crippen molar-refractivity contribution in [2.45, 2.75) is 51.8 Å². The van der Waals surface area contributed by atoms with E-state index in [0.717, 1.165) is 31.0 Å². The lowest BCUT2D eigenvalue weighted by molar-refractivity contribution is -0.274. The highest BCUT2D eigenvalue weighted by molar-refractivity contribution is 5.92. The van der Waals surface area contributed by atoms with Gasteiger partial charge in [-0.3, -0.25) is 0 Å². The fourth-order valence-electron chi connectivity index (χ4n) is 4.59. The smallest absolute Gasteiger partial charge is 0.475 e. The van der Waals surface area contributed by atoms with E-state index in [9.17, 15) is 36.2 Å². The van der Waals surface area contributed by atoms with Gasteiger partial charge in [0.25, 0.3) is 0 Å². The van der Waals surface area contributed by atoms with Crippen molar-refractivity contribution >= 4 is 23.0 Å². The average molecular weight is 580 g/mol. The lowest BCUT2D eigenvalue weighted by Crippen LogP contribution is -2.20. The number of hydrogen-bond donors (Lipinski definition) is 2. The van der Waals surface area contributed by atoms with E-state index in [1.165, 1.54) is 24.3 Å². The summed E-state index contributed by atoms with van der Waals surface area (Å²) in [5.74, 6) is -1.63. The lowest BCUT2D eigenvalue weighted by Gasteiger charge is -2.17. The Morgan fingerprint density at radius 3 is 2.32 bits per heavy atom. The third kappa shape index (κ3) is 6.20. The summed E-state index contributed by atoms with van der Waals surface area (Å²) in [7, 11) is 0. The molecule has 1 saturated carbocycles. The topological polar surface area (TPSA) is 102 Å². The predicted molar refractivity (Wildman–Crippen MR) is 135 cm³/mol. The van der Waals surface area contributed by atoms with E-state index in [1.54, 1.807) is 11.5 Å². The molecule has 0 aliphatic heterocycles. The summed E-state index contributed by atoms with van der Waals surface area (Å²) in [4.78, 5) is 24.6. The van der Waals surface area contributed by atoms with E-state index in [4.69, 9.17) is 0 Å². The van der Waals surface area contributed by atoms with Gasteiger partial charge in [0.1, 0.15) is 17.1 Å². The number of nitrogens with one attached hydrogen (secondary N) is 1. The zero-order valence-corrected chi connectivity index (χ0v) is 21.6. The van der Waals surface area contributed by atoms with Crippen LogP contribution in [0.5, 0.6) is 5.75 Å². The van der Waals surface area contributed by atoms with E-state index in [2.05, 4.69) is 25.0 Å². The number of anilines is 1. The van der Waals surface area contributed by atoms with Crippen molar-refractivity contribution in [3.63, 3.8) is 0 Å². The van der Waals surface area contributed by atoms with Crippen LogP contribution in [0.25, 0.3) is 22.6 Å². The van der Waals surface area contributed by atoms with Gasteiger partial charge < -0.3 is 19.7 Å². The second-order valence-electron chi connectivity index (χ2n) is 9.88. The van der Waals surface area contributed by atoms with E-state index in [1.807, 2.05) is 6.92 Å². The van der Waals surface area contributed by atoms with Crippen LogP contribution < -0.4 is 10.1 Å². The summed E-state index contributed by atoms with van der Waals surface area (Å²) in [6.07, 6.45) is -7.46. The Kier molecular flexibility index (Phi) is 7.03. The normalized spacial score (nSPS) is 14.7. The number of aryl methyl sites for hydroxylation is 1. The molecule has 41 heavy (non-hydrogen) atoms. The van der Waals surface area contributed by atoms with Crippen LogP contribution in [-0.4, -0.2) is 43.0 Å². The molecule has 2 heterocycles. The number of benzene rings is 2. The Hall–Kier alpha value is -4.36. The van der Waals surface area contributed by atoms with Crippen LogP contribution >= 0.6 is 0 Å². The molecular weight excluding hydrogens is 556 g/mol. The first-order valence-electron chi connectivity index (χ1n) is 12.5. The molecule has 5 rings (SSSR count). The third-order valence-electron chi connectivity index (χ3n) is 6.78. The molecule has 0 bridgehead atoms. The Bertz CT molecular complexity index is 1610. The summed E-state index contributed by atoms with van der Waals surface area (Å²) in [5.41, 5.74) is 0.651. The molecular formula is C27H23F6N5O3. The summed E-state index contributed by atoms with van der Waals surface area (Å²) in [6, 6.07) is 8.07. The van der Waals surface area contributed by atoms with Gasteiger partial charge in [-0.2, -0.15) is 13.2 Å². The Morgan fingerprint density at radius 2 is 1.76 bits per heavy atom. The number of halogens is 6. The first-order chi connectivity index (χ1) is 19.2. The molecule has 14 heteroatoms. The molecule has 1 aliphatic rings. The molecule has 1 aliphatic carbocycles. The Morgan fingerprint density at radius 1 is 1.07 bits per heavy atom. The number of imidazole rings is 1. The van der Waals surface area contributed by atoms with Crippen LogP contribution in [0.4, 0.5) is 32.2 Å². The van der Waals surface area contributed by atoms with Crippen LogP contribution in [0.15, 0.2) is 42.5 Å². The van der Waals surface area contributed by atoms with E-state index in [-0.39, 0.29) is 29.9 Å². The van der Waals surface area contributed by atoms with Crippen LogP contribution in [0.3, 0.4) is 0 Å². The monoisotopic (exact) mass is 579 g/mol. The summed E-state index contributed by atoms with van der Waals surface area (Å²) in [6.45, 7) is 3.45. The molecule has 2 aromatic heterocycles. The zero-order valence-electron chi connectivity index (χ0n) is 21.6. The maximum atomic E-state index is 13.1. The van der Waals surface area contributed by atoms with Crippen LogP contribution in [-0.2, 0) is 12.7 Å². The predicted octanol–water partition coefficient (Wildman–Crippen LogP) is 6.68. The number of alkyl halides is 6. The molecule has 1 fully saturated rings. The number of fused-ring (bicyclic) bond motifs is 1. The van der Waals surface area contributed by atoms with Crippen LogP contribution in [0.2, 0.25) is 0 Å². The highest BCUT2D eigenvalue weighted by Gasteiger charge is 2.33. The fraction of sp³-hybridized carbons (Fsp3) is 0.333. The second kappa shape index (κ2) is 10.2. The maximum Gasteiger partial charge on any atom is 0.573 e. The standard InChI is InChI=1S/C27H23F6N5O3/c1-13-11-18(41-27(31,32)33)9-10-19(13)24-37-22-20(38(24)12-15-3-7-17(8-4-15)26(28,29)30)21(34-14(2)16-5-6-16)35-23(36-22)25(39)40/h3-4,7-11,14,16H,5-6,12H2,1-2H3,(H,39,40)(H,34,35,36). The molecule has 4 aromatic rings. The van der Waals surface area contributed by atoms with Gasteiger partial charge in [0, 0.05) is 18.2 Å². The molecule has 2 N–H and O–H groups in total. The quantitative estimate of drug-likeness (QED) is 0.225. The lowest BCUT2D eigenvalue weighted by atomic mass is 10.1.